The molecule has 3 rings (SSSR count). The van der Waals surface area contributed by atoms with Crippen LogP contribution in [0.1, 0.15) is 33.4 Å². The Morgan fingerprint density at radius 3 is 2.87 bits per heavy atom. The predicted molar refractivity (Wildman–Crippen MR) is 105 cm³/mol. The van der Waals surface area contributed by atoms with E-state index in [-0.39, 0.29) is 37.4 Å². The third kappa shape index (κ3) is 5.20. The van der Waals surface area contributed by atoms with Crippen molar-refractivity contribution >= 4 is 31.3 Å². The molecule has 1 saturated heterocycles. The second kappa shape index (κ2) is 10.1. The van der Waals surface area contributed by atoms with Crippen molar-refractivity contribution in [1.82, 2.24) is 19.5 Å². The second-order valence-corrected chi connectivity index (χ2v) is 7.57. The largest absolute Gasteiger partial charge is 0.698 e. The Morgan fingerprint density at radius 2 is 2.13 bits per heavy atom. The van der Waals surface area contributed by atoms with Crippen LogP contribution in [0.4, 0.5) is 5.95 Å². The number of nitrogen functional groups attached to an aromatic ring is 1. The van der Waals surface area contributed by atoms with Crippen LogP contribution in [0.25, 0.3) is 11.2 Å². The Bertz CT molecular complexity index is 908. The number of fused-ring (bicyclic) bond motifs is 1. The molecule has 13 heteroatoms. The topological polar surface area (TPSA) is 150 Å². The highest BCUT2D eigenvalue weighted by Crippen LogP contribution is 2.38. The molecule has 4 atom stereocenters. The maximum absolute atomic E-state index is 11.8. The van der Waals surface area contributed by atoms with Gasteiger partial charge in [0.05, 0.1) is 25.6 Å². The standard InChI is InChI=1S/C17H25N5O7P/c1-4-25-12(23)8-28-30(24)27-7-11-6-10(3)16(29-11)22-9-19-13-14(22)20-17(18)21-15(13)26-5-2/h9-11,16H,4-8H2,1-3H3,(H2,18,20,21)/q+1/t10-,11-,16?/m0/s1. The third-order valence-corrected chi connectivity index (χ3v) is 5.07. The molecule has 0 amide bonds. The lowest BCUT2D eigenvalue weighted by Gasteiger charge is -2.17. The fraction of sp³-hybridized carbons (Fsp3) is 0.647. The number of hydrogen-bond acceptors (Lipinski definition) is 11. The number of imidazole rings is 1. The van der Waals surface area contributed by atoms with Gasteiger partial charge >= 0.3 is 14.2 Å². The molecule has 0 bridgehead atoms. The molecule has 0 aliphatic carbocycles. The average Bonchev–Trinajstić information content (AvgIpc) is 3.28. The van der Waals surface area contributed by atoms with Gasteiger partial charge in [-0.2, -0.15) is 9.97 Å². The van der Waals surface area contributed by atoms with E-state index in [1.165, 1.54) is 0 Å². The molecular formula is C17H25N5O7P+. The molecule has 0 aromatic carbocycles. The first-order chi connectivity index (χ1) is 14.4. The molecule has 164 valence electrons. The normalized spacial score (nSPS) is 21.7. The molecule has 0 spiro atoms. The van der Waals surface area contributed by atoms with E-state index < -0.39 is 20.8 Å². The van der Waals surface area contributed by atoms with Crippen LogP contribution in [0, 0.1) is 5.92 Å². The Hall–Kier alpha value is -2.40. The van der Waals surface area contributed by atoms with E-state index in [0.717, 1.165) is 0 Å². The summed E-state index contributed by atoms with van der Waals surface area (Å²) >= 11 is 0. The van der Waals surface area contributed by atoms with Gasteiger partial charge in [0.15, 0.2) is 11.2 Å². The van der Waals surface area contributed by atoms with E-state index in [4.69, 9.17) is 29.0 Å². The SMILES string of the molecule is CCOC(=O)CO[P+](=O)OC[C@@H]1C[C@H](C)C(n2cnc3c(OCC)nc(N)nc32)O1. The number of carbonyl (C=O) groups is 1. The lowest BCUT2D eigenvalue weighted by atomic mass is 10.1. The van der Waals surface area contributed by atoms with Gasteiger partial charge in [0.25, 0.3) is 0 Å². The Labute approximate surface area is 174 Å². The van der Waals surface area contributed by atoms with Gasteiger partial charge in [-0.25, -0.2) is 9.78 Å². The fourth-order valence-corrected chi connectivity index (χ4v) is 3.76. The smallest absolute Gasteiger partial charge is 0.476 e. The van der Waals surface area contributed by atoms with Crippen LogP contribution in [0.3, 0.4) is 0 Å². The third-order valence-electron chi connectivity index (χ3n) is 4.37. The molecule has 12 nitrogen and oxygen atoms in total. The van der Waals surface area contributed by atoms with Crippen LogP contribution in [-0.2, 0) is 27.9 Å². The van der Waals surface area contributed by atoms with Crippen molar-refractivity contribution in [1.29, 1.82) is 0 Å². The number of nitrogens with zero attached hydrogens (tertiary/aromatic N) is 4. The van der Waals surface area contributed by atoms with E-state index in [2.05, 4.69) is 15.0 Å². The van der Waals surface area contributed by atoms with Gasteiger partial charge < -0.3 is 19.9 Å². The number of nitrogens with two attached hydrogens (primary N) is 1. The van der Waals surface area contributed by atoms with E-state index in [0.29, 0.717) is 30.1 Å². The molecule has 1 fully saturated rings. The molecule has 0 radical (unpaired) electrons. The van der Waals surface area contributed by atoms with Crippen molar-refractivity contribution in [3.8, 4) is 5.88 Å². The van der Waals surface area contributed by atoms with Gasteiger partial charge in [-0.3, -0.25) is 4.57 Å². The number of rotatable bonds is 10. The molecule has 2 N–H and O–H groups in total. The number of aromatic nitrogens is 4. The summed E-state index contributed by atoms with van der Waals surface area (Å²) in [6.45, 7) is 5.79. The number of carbonyl (C=O) groups excluding carboxylic acids is 1. The van der Waals surface area contributed by atoms with E-state index in [1.807, 2.05) is 13.8 Å². The molecule has 1 aliphatic rings. The highest BCUT2D eigenvalue weighted by molar-refractivity contribution is 7.33. The van der Waals surface area contributed by atoms with E-state index >= 15 is 0 Å². The minimum Gasteiger partial charge on any atom is -0.476 e. The van der Waals surface area contributed by atoms with Gasteiger partial charge in [-0.1, -0.05) is 6.92 Å². The minimum absolute atomic E-state index is 0.0484. The summed E-state index contributed by atoms with van der Waals surface area (Å²) in [6, 6.07) is 0. The van der Waals surface area contributed by atoms with Crippen LogP contribution in [-0.4, -0.2) is 58.0 Å². The van der Waals surface area contributed by atoms with Crippen molar-refractivity contribution in [2.45, 2.75) is 39.5 Å². The zero-order valence-corrected chi connectivity index (χ0v) is 17.9. The highest BCUT2D eigenvalue weighted by atomic mass is 31.1. The van der Waals surface area contributed by atoms with Crippen molar-refractivity contribution in [2.24, 2.45) is 5.92 Å². The number of esters is 1. The summed E-state index contributed by atoms with van der Waals surface area (Å²) in [5.41, 5.74) is 6.81. The van der Waals surface area contributed by atoms with Crippen molar-refractivity contribution in [2.75, 3.05) is 32.2 Å². The summed E-state index contributed by atoms with van der Waals surface area (Å²) < 4.78 is 39.9. The first-order valence-corrected chi connectivity index (χ1v) is 10.7. The monoisotopic (exact) mass is 442 g/mol. The molecule has 3 heterocycles. The lowest BCUT2D eigenvalue weighted by molar-refractivity contribution is -0.145. The average molecular weight is 442 g/mol. The maximum atomic E-state index is 11.8. The Balaban J connectivity index is 1.61. The summed E-state index contributed by atoms with van der Waals surface area (Å²) in [6.07, 6.45) is 1.57. The minimum atomic E-state index is -2.46. The van der Waals surface area contributed by atoms with Crippen LogP contribution in [0.5, 0.6) is 5.88 Å². The van der Waals surface area contributed by atoms with Gasteiger partial charge in [-0.05, 0) is 20.3 Å². The van der Waals surface area contributed by atoms with Gasteiger partial charge in [0.1, 0.15) is 12.8 Å². The zero-order valence-electron chi connectivity index (χ0n) is 17.0. The van der Waals surface area contributed by atoms with Gasteiger partial charge in [-0.15, -0.1) is 9.05 Å². The molecular weight excluding hydrogens is 417 g/mol. The van der Waals surface area contributed by atoms with Crippen molar-refractivity contribution in [3.05, 3.63) is 6.33 Å². The summed E-state index contributed by atoms with van der Waals surface area (Å²) in [5, 5.41) is 0. The first kappa shape index (κ1) is 22.3. The summed E-state index contributed by atoms with van der Waals surface area (Å²) in [7, 11) is -2.46. The predicted octanol–water partition coefficient (Wildman–Crippen LogP) is 1.98. The Morgan fingerprint density at radius 1 is 1.33 bits per heavy atom. The van der Waals surface area contributed by atoms with Crippen LogP contribution >= 0.6 is 8.25 Å². The van der Waals surface area contributed by atoms with Crippen molar-refractivity contribution < 1.29 is 32.6 Å². The summed E-state index contributed by atoms with van der Waals surface area (Å²) in [4.78, 5) is 23.9. The number of anilines is 1. The van der Waals surface area contributed by atoms with E-state index in [9.17, 15) is 9.36 Å². The summed E-state index contributed by atoms with van der Waals surface area (Å²) in [5.74, 6) is -0.106. The number of hydrogen-bond donors (Lipinski definition) is 1. The van der Waals surface area contributed by atoms with Crippen molar-refractivity contribution in [3.63, 3.8) is 0 Å². The molecule has 2 aromatic heterocycles. The molecule has 30 heavy (non-hydrogen) atoms. The second-order valence-electron chi connectivity index (χ2n) is 6.60. The molecule has 1 aliphatic heterocycles. The lowest BCUT2D eigenvalue weighted by Crippen LogP contribution is -2.16. The van der Waals surface area contributed by atoms with Crippen LogP contribution in [0.15, 0.2) is 6.33 Å². The maximum Gasteiger partial charge on any atom is 0.698 e. The number of ether oxygens (including phenoxy) is 3. The van der Waals surface area contributed by atoms with Crippen LogP contribution < -0.4 is 10.5 Å². The molecule has 2 unspecified atom stereocenters. The fourth-order valence-electron chi connectivity index (χ4n) is 3.18. The van der Waals surface area contributed by atoms with Gasteiger partial charge in [0, 0.05) is 10.5 Å². The Kier molecular flexibility index (Phi) is 7.48. The van der Waals surface area contributed by atoms with Crippen LogP contribution in [0.2, 0.25) is 0 Å². The molecule has 0 saturated carbocycles. The van der Waals surface area contributed by atoms with E-state index in [1.54, 1.807) is 17.8 Å². The highest BCUT2D eigenvalue weighted by Gasteiger charge is 2.37. The first-order valence-electron chi connectivity index (χ1n) is 9.59. The zero-order chi connectivity index (χ0) is 21.7. The molecule has 2 aromatic rings. The quantitative estimate of drug-likeness (QED) is 0.425. The van der Waals surface area contributed by atoms with Gasteiger partial charge in [0.2, 0.25) is 18.4 Å².